The normalized spacial score (nSPS) is 11.6. The largest absolute Gasteiger partial charge is 0.482 e. The Bertz CT molecular complexity index is 484. The van der Waals surface area contributed by atoms with Gasteiger partial charge >= 0.3 is 5.69 Å². The van der Waals surface area contributed by atoms with Crippen LogP contribution in [0.5, 0.6) is 5.75 Å². The van der Waals surface area contributed by atoms with Gasteiger partial charge in [-0.1, -0.05) is 0 Å². The molecule has 0 aliphatic rings. The topological polar surface area (TPSA) is 102 Å². The minimum atomic E-state index is -0.568. The standard InChI is InChI=1S/C10H10IN3O3/c1-6(4-12)17-10-8(11)2-7(5-13)3-9(10)14(15)16/h2-3,6H,4,12H2,1H3. The van der Waals surface area contributed by atoms with E-state index < -0.39 is 4.92 Å². The first kappa shape index (κ1) is 13.7. The Labute approximate surface area is 112 Å². The van der Waals surface area contributed by atoms with Crippen LogP contribution in [-0.2, 0) is 0 Å². The van der Waals surface area contributed by atoms with Gasteiger partial charge in [-0.2, -0.15) is 5.26 Å². The highest BCUT2D eigenvalue weighted by Crippen LogP contribution is 2.34. The van der Waals surface area contributed by atoms with Gasteiger partial charge in [0.05, 0.1) is 20.1 Å². The fourth-order valence-corrected chi connectivity index (χ4v) is 1.88. The van der Waals surface area contributed by atoms with E-state index in [9.17, 15) is 10.1 Å². The van der Waals surface area contributed by atoms with E-state index in [1.807, 2.05) is 28.7 Å². The molecule has 1 rings (SSSR count). The van der Waals surface area contributed by atoms with Gasteiger partial charge in [-0.25, -0.2) is 0 Å². The van der Waals surface area contributed by atoms with E-state index in [2.05, 4.69) is 0 Å². The van der Waals surface area contributed by atoms with E-state index in [-0.39, 0.29) is 29.6 Å². The van der Waals surface area contributed by atoms with Crippen LogP contribution in [0.4, 0.5) is 5.69 Å². The molecule has 0 saturated carbocycles. The number of nitriles is 1. The number of nitro groups is 1. The average Bonchev–Trinajstić information content (AvgIpc) is 2.30. The van der Waals surface area contributed by atoms with Gasteiger partial charge in [0.25, 0.3) is 0 Å². The molecule has 0 spiro atoms. The minimum absolute atomic E-state index is 0.160. The number of hydrogen-bond donors (Lipinski definition) is 1. The maximum Gasteiger partial charge on any atom is 0.313 e. The van der Waals surface area contributed by atoms with E-state index in [0.29, 0.717) is 3.57 Å². The first-order valence-electron chi connectivity index (χ1n) is 4.74. The van der Waals surface area contributed by atoms with Crippen molar-refractivity contribution in [2.75, 3.05) is 6.54 Å². The first-order valence-corrected chi connectivity index (χ1v) is 5.82. The number of ether oxygens (including phenoxy) is 1. The van der Waals surface area contributed by atoms with Crippen molar-refractivity contribution in [2.45, 2.75) is 13.0 Å². The molecule has 0 amide bonds. The molecule has 0 aliphatic heterocycles. The zero-order valence-electron chi connectivity index (χ0n) is 9.01. The smallest absolute Gasteiger partial charge is 0.313 e. The van der Waals surface area contributed by atoms with Gasteiger partial charge in [-0.15, -0.1) is 0 Å². The quantitative estimate of drug-likeness (QED) is 0.508. The number of halogens is 1. The third-order valence-electron chi connectivity index (χ3n) is 2.00. The maximum atomic E-state index is 10.9. The van der Waals surface area contributed by atoms with Crippen LogP contribution in [0.3, 0.4) is 0 Å². The molecule has 0 saturated heterocycles. The lowest BCUT2D eigenvalue weighted by atomic mass is 10.2. The second-order valence-electron chi connectivity index (χ2n) is 3.34. The van der Waals surface area contributed by atoms with Gasteiger partial charge in [-0.3, -0.25) is 10.1 Å². The zero-order valence-corrected chi connectivity index (χ0v) is 11.2. The minimum Gasteiger partial charge on any atom is -0.482 e. The van der Waals surface area contributed by atoms with Crippen LogP contribution in [0.2, 0.25) is 0 Å². The van der Waals surface area contributed by atoms with Gasteiger partial charge in [0, 0.05) is 12.6 Å². The Kier molecular flexibility index (Phi) is 4.65. The highest BCUT2D eigenvalue weighted by molar-refractivity contribution is 14.1. The lowest BCUT2D eigenvalue weighted by Crippen LogP contribution is -2.23. The zero-order chi connectivity index (χ0) is 13.0. The Morgan fingerprint density at radius 3 is 2.82 bits per heavy atom. The Balaban J connectivity index is 3.28. The number of rotatable bonds is 4. The molecule has 0 bridgehead atoms. The summed E-state index contributed by atoms with van der Waals surface area (Å²) in [6.45, 7) is 1.98. The van der Waals surface area contributed by atoms with Crippen LogP contribution in [0.25, 0.3) is 0 Å². The van der Waals surface area contributed by atoms with Crippen molar-refractivity contribution in [2.24, 2.45) is 5.73 Å². The summed E-state index contributed by atoms with van der Waals surface area (Å²) in [5.74, 6) is 0.160. The van der Waals surface area contributed by atoms with Crippen LogP contribution >= 0.6 is 22.6 Å². The molecule has 0 aromatic heterocycles. The molecule has 1 aromatic carbocycles. The summed E-state index contributed by atoms with van der Waals surface area (Å²) in [7, 11) is 0. The molecular formula is C10H10IN3O3. The monoisotopic (exact) mass is 347 g/mol. The van der Waals surface area contributed by atoms with Crippen molar-refractivity contribution in [3.05, 3.63) is 31.4 Å². The second-order valence-corrected chi connectivity index (χ2v) is 4.50. The molecule has 90 valence electrons. The van der Waals surface area contributed by atoms with E-state index in [4.69, 9.17) is 15.7 Å². The van der Waals surface area contributed by atoms with E-state index >= 15 is 0 Å². The molecule has 6 nitrogen and oxygen atoms in total. The van der Waals surface area contributed by atoms with Crippen molar-refractivity contribution < 1.29 is 9.66 Å². The maximum absolute atomic E-state index is 10.9. The highest BCUT2D eigenvalue weighted by atomic mass is 127. The van der Waals surface area contributed by atoms with Crippen LogP contribution in [0, 0.1) is 25.0 Å². The highest BCUT2D eigenvalue weighted by Gasteiger charge is 2.21. The predicted molar refractivity (Wildman–Crippen MR) is 69.7 cm³/mol. The van der Waals surface area contributed by atoms with Crippen LogP contribution in [-0.4, -0.2) is 17.6 Å². The molecule has 0 aliphatic carbocycles. The van der Waals surface area contributed by atoms with Gasteiger partial charge in [-0.05, 0) is 35.6 Å². The number of benzene rings is 1. The number of hydrogen-bond acceptors (Lipinski definition) is 5. The molecule has 1 atom stereocenters. The summed E-state index contributed by atoms with van der Waals surface area (Å²) in [6, 6.07) is 4.60. The summed E-state index contributed by atoms with van der Waals surface area (Å²) >= 11 is 1.90. The van der Waals surface area contributed by atoms with Gasteiger partial charge in [0.1, 0.15) is 6.10 Å². The van der Waals surface area contributed by atoms with E-state index in [0.717, 1.165) is 0 Å². The first-order chi connectivity index (χ1) is 7.99. The van der Waals surface area contributed by atoms with Gasteiger partial charge < -0.3 is 10.5 Å². The number of nitrogens with two attached hydrogens (primary N) is 1. The van der Waals surface area contributed by atoms with Crippen LogP contribution < -0.4 is 10.5 Å². The van der Waals surface area contributed by atoms with Crippen molar-refractivity contribution >= 4 is 28.3 Å². The van der Waals surface area contributed by atoms with Crippen molar-refractivity contribution in [1.82, 2.24) is 0 Å². The average molecular weight is 347 g/mol. The van der Waals surface area contributed by atoms with Crippen molar-refractivity contribution in [3.63, 3.8) is 0 Å². The summed E-state index contributed by atoms with van der Waals surface area (Å²) in [5, 5.41) is 19.6. The molecule has 0 fully saturated rings. The predicted octanol–water partition coefficient (Wildman–Crippen LogP) is 1.80. The summed E-state index contributed by atoms with van der Waals surface area (Å²) < 4.78 is 5.92. The third kappa shape index (κ3) is 3.28. The summed E-state index contributed by atoms with van der Waals surface area (Å²) in [6.07, 6.45) is -0.324. The van der Waals surface area contributed by atoms with Crippen LogP contribution in [0.15, 0.2) is 12.1 Å². The van der Waals surface area contributed by atoms with Crippen LogP contribution in [0.1, 0.15) is 12.5 Å². The van der Waals surface area contributed by atoms with Crippen molar-refractivity contribution in [3.8, 4) is 11.8 Å². The van der Waals surface area contributed by atoms with E-state index in [1.54, 1.807) is 6.92 Å². The molecule has 1 aromatic rings. The van der Waals surface area contributed by atoms with E-state index in [1.165, 1.54) is 12.1 Å². The number of nitrogens with zero attached hydrogens (tertiary/aromatic N) is 2. The molecule has 0 radical (unpaired) electrons. The third-order valence-corrected chi connectivity index (χ3v) is 2.80. The SMILES string of the molecule is CC(CN)Oc1c(I)cc(C#N)cc1[N+](=O)[O-]. The lowest BCUT2D eigenvalue weighted by molar-refractivity contribution is -0.386. The molecule has 1 unspecified atom stereocenters. The molecular weight excluding hydrogens is 337 g/mol. The Hall–Kier alpha value is -1.40. The molecule has 0 heterocycles. The molecule has 17 heavy (non-hydrogen) atoms. The Morgan fingerprint density at radius 2 is 2.35 bits per heavy atom. The van der Waals surface area contributed by atoms with Crippen molar-refractivity contribution in [1.29, 1.82) is 5.26 Å². The van der Waals surface area contributed by atoms with Gasteiger partial charge in [0.2, 0.25) is 5.75 Å². The second kappa shape index (κ2) is 5.79. The summed E-state index contributed by atoms with van der Waals surface area (Å²) in [4.78, 5) is 10.3. The summed E-state index contributed by atoms with van der Waals surface area (Å²) in [5.41, 5.74) is 5.42. The fraction of sp³-hybridized carbons (Fsp3) is 0.300. The Morgan fingerprint density at radius 1 is 1.71 bits per heavy atom. The molecule has 2 N–H and O–H groups in total. The fourth-order valence-electron chi connectivity index (χ4n) is 1.15. The van der Waals surface area contributed by atoms with Gasteiger partial charge in [0.15, 0.2) is 0 Å². The lowest BCUT2D eigenvalue weighted by Gasteiger charge is -2.14. The molecule has 7 heteroatoms. The number of nitro benzene ring substituents is 1.